The second-order valence-corrected chi connectivity index (χ2v) is 6.79. The van der Waals surface area contributed by atoms with Crippen molar-refractivity contribution in [1.29, 1.82) is 0 Å². The van der Waals surface area contributed by atoms with E-state index < -0.39 is 16.0 Å². The zero-order valence-corrected chi connectivity index (χ0v) is 15.2. The van der Waals surface area contributed by atoms with Gasteiger partial charge in [0.1, 0.15) is 5.82 Å². The van der Waals surface area contributed by atoms with Crippen LogP contribution in [0.3, 0.4) is 0 Å². The first-order chi connectivity index (χ1) is 12.3. The Balaban J connectivity index is 1.99. The molecule has 1 aromatic heterocycles. The normalized spacial score (nSPS) is 12.2. The van der Waals surface area contributed by atoms with Crippen LogP contribution in [0.4, 0.5) is 15.9 Å². The largest absolute Gasteiger partial charge is 0.365 e. The van der Waals surface area contributed by atoms with E-state index in [9.17, 15) is 12.8 Å². The number of rotatable bonds is 8. The monoisotopic (exact) mass is 405 g/mol. The maximum Gasteiger partial charge on any atom is 0.274 e. The smallest absolute Gasteiger partial charge is 0.274 e. The van der Waals surface area contributed by atoms with E-state index in [1.54, 1.807) is 0 Å². The Morgan fingerprint density at radius 2 is 2.15 bits per heavy atom. The summed E-state index contributed by atoms with van der Waals surface area (Å²) in [6, 6.07) is 4.12. The van der Waals surface area contributed by atoms with Gasteiger partial charge in [0.05, 0.1) is 5.02 Å². The third kappa shape index (κ3) is 5.91. The van der Waals surface area contributed by atoms with Crippen LogP contribution in [0.25, 0.3) is 0 Å². The van der Waals surface area contributed by atoms with Crippen LogP contribution >= 0.6 is 11.6 Å². The molecule has 0 fully saturated rings. The van der Waals surface area contributed by atoms with Crippen molar-refractivity contribution in [3.8, 4) is 0 Å². The van der Waals surface area contributed by atoms with Crippen molar-refractivity contribution in [3.63, 3.8) is 0 Å². The van der Waals surface area contributed by atoms with Gasteiger partial charge in [0, 0.05) is 25.8 Å². The number of nitrogens with one attached hydrogen (secondary N) is 3. The van der Waals surface area contributed by atoms with Crippen molar-refractivity contribution in [2.45, 2.75) is 6.42 Å². The maximum absolute atomic E-state index is 13.2. The number of aliphatic imine (C=N–C) groups is 1. The Labute approximate surface area is 154 Å². The van der Waals surface area contributed by atoms with Gasteiger partial charge in [-0.3, -0.25) is 4.99 Å². The summed E-state index contributed by atoms with van der Waals surface area (Å²) in [6.45, 7) is 0.538. The first-order valence-corrected chi connectivity index (χ1v) is 9.25. The van der Waals surface area contributed by atoms with Gasteiger partial charge in [-0.1, -0.05) is 11.6 Å². The first-order valence-electron chi connectivity index (χ1n) is 7.33. The molecule has 0 unspecified atom stereocenters. The molecule has 0 spiro atoms. The highest BCUT2D eigenvalue weighted by atomic mass is 35.5. The number of nitrogens with zero attached hydrogens (tertiary/aromatic N) is 3. The average Bonchev–Trinajstić information content (AvgIpc) is 3.03. The van der Waals surface area contributed by atoms with Gasteiger partial charge in [0.15, 0.2) is 11.5 Å². The summed E-state index contributed by atoms with van der Waals surface area (Å²) in [5, 5.41) is 18.2. The molecule has 2 aromatic rings. The summed E-state index contributed by atoms with van der Waals surface area (Å²) in [5.41, 5.74) is 0.802. The highest BCUT2D eigenvalue weighted by molar-refractivity contribution is 7.87. The van der Waals surface area contributed by atoms with E-state index in [1.807, 2.05) is 0 Å². The number of nitrogens with two attached hydrogens (primary N) is 1. The second-order valence-electron chi connectivity index (χ2n) is 5.01. The van der Waals surface area contributed by atoms with Gasteiger partial charge >= 0.3 is 0 Å². The van der Waals surface area contributed by atoms with E-state index in [0.29, 0.717) is 36.0 Å². The minimum atomic E-state index is -3.72. The number of hydrogen-bond donors (Lipinski definition) is 4. The van der Waals surface area contributed by atoms with Crippen LogP contribution in [0.5, 0.6) is 0 Å². The van der Waals surface area contributed by atoms with Gasteiger partial charge in [-0.2, -0.15) is 8.42 Å². The third-order valence-corrected chi connectivity index (χ3v) is 3.96. The van der Waals surface area contributed by atoms with Gasteiger partial charge in [-0.05, 0) is 34.9 Å². The van der Waals surface area contributed by atoms with Crippen molar-refractivity contribution in [1.82, 2.24) is 15.0 Å². The number of aromatic nitrogens is 2. The van der Waals surface area contributed by atoms with Crippen molar-refractivity contribution >= 4 is 39.2 Å². The second kappa shape index (κ2) is 8.89. The zero-order valence-electron chi connectivity index (χ0n) is 13.7. The van der Waals surface area contributed by atoms with Crippen LogP contribution in [0.2, 0.25) is 5.02 Å². The molecule has 13 heteroatoms. The topological polar surface area (TPSA) is 148 Å². The molecule has 0 radical (unpaired) electrons. The van der Waals surface area contributed by atoms with Gasteiger partial charge < -0.3 is 10.6 Å². The summed E-state index contributed by atoms with van der Waals surface area (Å²) < 4.78 is 41.7. The summed E-state index contributed by atoms with van der Waals surface area (Å²) in [7, 11) is -2.19. The van der Waals surface area contributed by atoms with Gasteiger partial charge in [0.25, 0.3) is 10.2 Å². The fourth-order valence-electron chi connectivity index (χ4n) is 1.90. The van der Waals surface area contributed by atoms with E-state index in [4.69, 9.17) is 21.4 Å². The molecule has 0 bridgehead atoms. The molecular weight excluding hydrogens is 389 g/mol. The SMILES string of the molecule is C/N=C(\Nc1ccc(F)c(Cl)c1)c1nonc1NCCCNS(N)(=O)=O. The molecule has 142 valence electrons. The predicted octanol–water partition coefficient (Wildman–Crippen LogP) is 0.946. The molecule has 0 saturated carbocycles. The van der Waals surface area contributed by atoms with Crippen molar-refractivity contribution < 1.29 is 17.4 Å². The van der Waals surface area contributed by atoms with E-state index in [2.05, 4.69) is 30.7 Å². The number of halogens is 2. The van der Waals surface area contributed by atoms with Gasteiger partial charge in [-0.15, -0.1) is 0 Å². The lowest BCUT2D eigenvalue weighted by atomic mass is 10.3. The molecule has 0 amide bonds. The molecule has 1 heterocycles. The highest BCUT2D eigenvalue weighted by Gasteiger charge is 2.16. The minimum Gasteiger partial charge on any atom is -0.365 e. The molecular formula is C13H17ClFN7O3S. The van der Waals surface area contributed by atoms with Crippen molar-refractivity contribution in [2.75, 3.05) is 30.8 Å². The third-order valence-electron chi connectivity index (χ3n) is 3.07. The van der Waals surface area contributed by atoms with E-state index >= 15 is 0 Å². The maximum atomic E-state index is 13.2. The van der Waals surface area contributed by atoms with E-state index in [0.717, 1.165) is 0 Å². The molecule has 0 atom stereocenters. The summed E-state index contributed by atoms with van der Waals surface area (Å²) in [5.74, 6) is 0.0896. The summed E-state index contributed by atoms with van der Waals surface area (Å²) in [6.07, 6.45) is 0.447. The number of amidine groups is 1. The molecule has 5 N–H and O–H groups in total. The fourth-order valence-corrected chi connectivity index (χ4v) is 2.51. The molecule has 0 aliphatic rings. The van der Waals surface area contributed by atoms with Crippen LogP contribution in [0.15, 0.2) is 27.8 Å². The number of benzene rings is 1. The molecule has 1 aromatic carbocycles. The Morgan fingerprint density at radius 3 is 2.81 bits per heavy atom. The van der Waals surface area contributed by atoms with Crippen molar-refractivity contribution in [3.05, 3.63) is 34.7 Å². The van der Waals surface area contributed by atoms with Crippen LogP contribution in [0, 0.1) is 5.82 Å². The minimum absolute atomic E-state index is 0.0376. The Kier molecular flexibility index (Phi) is 6.85. The van der Waals surface area contributed by atoms with Crippen LogP contribution < -0.4 is 20.5 Å². The van der Waals surface area contributed by atoms with Crippen LogP contribution in [0.1, 0.15) is 12.1 Å². The molecule has 10 nitrogen and oxygen atoms in total. The fraction of sp³-hybridized carbons (Fsp3) is 0.308. The Hall–Kier alpha value is -2.28. The first kappa shape index (κ1) is 20.0. The van der Waals surface area contributed by atoms with E-state index in [1.165, 1.54) is 25.2 Å². The standard InChI is InChI=1S/C13H17ClFN7O3S/c1-17-12(20-8-3-4-10(15)9(14)7-8)11-13(22-25-21-11)18-5-2-6-19-26(16,23)24/h3-4,7,19H,2,5-6H2,1H3,(H,17,20)(H,18,22)(H2,16,23,24). The number of anilines is 2. The summed E-state index contributed by atoms with van der Waals surface area (Å²) in [4.78, 5) is 4.07. The average molecular weight is 406 g/mol. The van der Waals surface area contributed by atoms with Gasteiger partial charge in [0.2, 0.25) is 5.82 Å². The summed E-state index contributed by atoms with van der Waals surface area (Å²) >= 11 is 5.76. The molecule has 26 heavy (non-hydrogen) atoms. The van der Waals surface area contributed by atoms with Crippen LogP contribution in [-0.2, 0) is 10.2 Å². The van der Waals surface area contributed by atoms with Crippen molar-refractivity contribution in [2.24, 2.45) is 10.1 Å². The van der Waals surface area contributed by atoms with Gasteiger partial charge in [-0.25, -0.2) is 18.9 Å². The van der Waals surface area contributed by atoms with Crippen LogP contribution in [-0.4, -0.2) is 44.7 Å². The lowest BCUT2D eigenvalue weighted by Crippen LogP contribution is -2.32. The van der Waals surface area contributed by atoms with E-state index in [-0.39, 0.29) is 11.6 Å². The Morgan fingerprint density at radius 1 is 1.38 bits per heavy atom. The lowest BCUT2D eigenvalue weighted by Gasteiger charge is -2.09. The highest BCUT2D eigenvalue weighted by Crippen LogP contribution is 2.21. The molecule has 0 aliphatic carbocycles. The molecule has 2 rings (SSSR count). The quantitative estimate of drug-likeness (QED) is 0.290. The number of hydrogen-bond acceptors (Lipinski definition) is 7. The molecule has 0 saturated heterocycles. The molecule has 0 aliphatic heterocycles. The predicted molar refractivity (Wildman–Crippen MR) is 96.0 cm³/mol. The zero-order chi connectivity index (χ0) is 19.2. The lowest BCUT2D eigenvalue weighted by molar-refractivity contribution is 0.308. The Bertz CT molecular complexity index is 888.